The summed E-state index contributed by atoms with van der Waals surface area (Å²) in [6.07, 6.45) is 0.897. The molecule has 4 aromatic rings. The number of amides is 2. The fraction of sp³-hybridized carbons (Fsp3) is 0.238. The SMILES string of the molecule is C=C(C)C(=O)OCCc1cc(C)c(C(=O)Nc2ccccc2S(=O)(=O)c2ccccc2NC(=O)c2cc(C)c(CCOC(=O)C(=C)C)cc2C)cc1C. The highest BCUT2D eigenvalue weighted by molar-refractivity contribution is 7.91. The third-order valence-electron chi connectivity index (χ3n) is 8.61. The highest BCUT2D eigenvalue weighted by Crippen LogP contribution is 2.33. The smallest absolute Gasteiger partial charge is 0.333 e. The Morgan fingerprint density at radius 3 is 1.30 bits per heavy atom. The molecule has 53 heavy (non-hydrogen) atoms. The summed E-state index contributed by atoms with van der Waals surface area (Å²) >= 11 is 0. The summed E-state index contributed by atoms with van der Waals surface area (Å²) < 4.78 is 38.9. The first-order valence-corrected chi connectivity index (χ1v) is 18.4. The van der Waals surface area contributed by atoms with Crippen LogP contribution in [0.15, 0.2) is 107 Å². The Labute approximate surface area is 310 Å². The average molecular weight is 737 g/mol. The summed E-state index contributed by atoms with van der Waals surface area (Å²) in [7, 11) is -4.28. The van der Waals surface area contributed by atoms with Gasteiger partial charge < -0.3 is 20.1 Å². The van der Waals surface area contributed by atoms with Crippen LogP contribution in [-0.4, -0.2) is 45.4 Å². The Morgan fingerprint density at radius 1 is 0.585 bits per heavy atom. The van der Waals surface area contributed by atoms with Crippen LogP contribution in [0, 0.1) is 27.7 Å². The molecule has 0 saturated carbocycles. The van der Waals surface area contributed by atoms with Crippen molar-refractivity contribution in [1.82, 2.24) is 0 Å². The summed E-state index contributed by atoms with van der Waals surface area (Å²) in [5.41, 5.74) is 6.21. The van der Waals surface area contributed by atoms with Crippen molar-refractivity contribution in [3.05, 3.63) is 142 Å². The predicted molar refractivity (Wildman–Crippen MR) is 205 cm³/mol. The second-order valence-corrected chi connectivity index (χ2v) is 14.8. The van der Waals surface area contributed by atoms with E-state index in [0.29, 0.717) is 46.2 Å². The van der Waals surface area contributed by atoms with Crippen molar-refractivity contribution in [3.63, 3.8) is 0 Å². The molecule has 0 fully saturated rings. The molecule has 276 valence electrons. The molecule has 0 atom stereocenters. The van der Waals surface area contributed by atoms with Crippen molar-refractivity contribution in [2.45, 2.75) is 64.2 Å². The van der Waals surface area contributed by atoms with Crippen LogP contribution < -0.4 is 10.6 Å². The van der Waals surface area contributed by atoms with Crippen molar-refractivity contribution in [3.8, 4) is 0 Å². The number of nitrogens with one attached hydrogen (secondary N) is 2. The molecule has 0 heterocycles. The van der Waals surface area contributed by atoms with Gasteiger partial charge in [0.2, 0.25) is 9.84 Å². The van der Waals surface area contributed by atoms with Crippen molar-refractivity contribution in [1.29, 1.82) is 0 Å². The van der Waals surface area contributed by atoms with E-state index in [2.05, 4.69) is 23.8 Å². The molecule has 0 radical (unpaired) electrons. The lowest BCUT2D eigenvalue weighted by Gasteiger charge is -2.17. The number of aryl methyl sites for hydroxylation is 4. The van der Waals surface area contributed by atoms with Crippen LogP contribution >= 0.6 is 0 Å². The van der Waals surface area contributed by atoms with Gasteiger partial charge >= 0.3 is 11.9 Å². The number of carbonyl (C=O) groups is 4. The Hall–Kier alpha value is -5.81. The van der Waals surface area contributed by atoms with E-state index in [1.165, 1.54) is 24.3 Å². The second kappa shape index (κ2) is 17.1. The summed E-state index contributed by atoms with van der Waals surface area (Å²) in [5.74, 6) is -1.94. The quantitative estimate of drug-likeness (QED) is 0.0996. The number of carbonyl (C=O) groups excluding carboxylic acids is 4. The van der Waals surface area contributed by atoms with Gasteiger partial charge in [-0.2, -0.15) is 0 Å². The number of rotatable bonds is 14. The molecular formula is C42H44N2O8S. The van der Waals surface area contributed by atoms with Gasteiger partial charge in [0, 0.05) is 35.1 Å². The maximum absolute atomic E-state index is 14.2. The first kappa shape index (κ1) is 40.0. The average Bonchev–Trinajstić information content (AvgIpc) is 3.10. The van der Waals surface area contributed by atoms with Crippen LogP contribution in [0.2, 0.25) is 0 Å². The second-order valence-electron chi connectivity index (χ2n) is 12.9. The predicted octanol–water partition coefficient (Wildman–Crippen LogP) is 7.58. The van der Waals surface area contributed by atoms with Gasteiger partial charge in [0.05, 0.1) is 34.4 Å². The molecule has 0 aliphatic heterocycles. The minimum absolute atomic E-state index is 0.0717. The van der Waals surface area contributed by atoms with E-state index in [0.717, 1.165) is 22.3 Å². The zero-order valence-corrected chi connectivity index (χ0v) is 31.7. The third-order valence-corrected chi connectivity index (χ3v) is 10.5. The Balaban J connectivity index is 1.55. The Morgan fingerprint density at radius 2 is 0.943 bits per heavy atom. The van der Waals surface area contributed by atoms with Crippen LogP contribution in [0.25, 0.3) is 0 Å². The maximum Gasteiger partial charge on any atom is 0.333 e. The van der Waals surface area contributed by atoms with E-state index in [9.17, 15) is 27.6 Å². The van der Waals surface area contributed by atoms with Crippen LogP contribution in [-0.2, 0) is 41.7 Å². The third kappa shape index (κ3) is 9.75. The van der Waals surface area contributed by atoms with Crippen LogP contribution in [0.4, 0.5) is 11.4 Å². The van der Waals surface area contributed by atoms with Crippen LogP contribution in [0.1, 0.15) is 67.9 Å². The molecule has 4 rings (SSSR count). The molecule has 2 amide bonds. The summed E-state index contributed by atoms with van der Waals surface area (Å²) in [6, 6.07) is 19.3. The zero-order chi connectivity index (χ0) is 39.0. The fourth-order valence-corrected chi connectivity index (χ4v) is 7.21. The number of hydrogen-bond acceptors (Lipinski definition) is 8. The van der Waals surface area contributed by atoms with E-state index in [1.54, 1.807) is 64.1 Å². The molecule has 2 N–H and O–H groups in total. The van der Waals surface area contributed by atoms with Gasteiger partial charge in [-0.3, -0.25) is 9.59 Å². The van der Waals surface area contributed by atoms with Gasteiger partial charge in [-0.25, -0.2) is 18.0 Å². The standard InChI is InChI=1S/C42H44N2O8S/c1-25(2)41(47)51-19-17-31-21-29(7)33(23-27(31)5)39(45)43-35-13-9-11-15-37(35)53(49,50)38-16-12-10-14-36(38)44-40(46)34-24-28(6)32(22-30(34)8)18-20-52-42(48)26(3)4/h9-16,21-24H,1,3,17-20H2,2,4-8H3,(H,43,45)(H,44,46). The van der Waals surface area contributed by atoms with Gasteiger partial charge in [-0.15, -0.1) is 0 Å². The molecule has 0 unspecified atom stereocenters. The summed E-state index contributed by atoms with van der Waals surface area (Å²) in [4.78, 5) is 50.4. The molecule has 4 aromatic carbocycles. The molecule has 0 spiro atoms. The van der Waals surface area contributed by atoms with Gasteiger partial charge in [0.15, 0.2) is 0 Å². The number of ether oxygens (including phenoxy) is 2. The van der Waals surface area contributed by atoms with Crippen molar-refractivity contribution in [2.24, 2.45) is 0 Å². The Bertz CT molecular complexity index is 2090. The molecule has 0 aliphatic carbocycles. The highest BCUT2D eigenvalue weighted by atomic mass is 32.2. The molecular weight excluding hydrogens is 693 g/mol. The summed E-state index contributed by atoms with van der Waals surface area (Å²) in [6.45, 7) is 17.9. The van der Waals surface area contributed by atoms with Crippen LogP contribution in [0.5, 0.6) is 0 Å². The number of para-hydroxylation sites is 2. The first-order valence-electron chi connectivity index (χ1n) is 16.9. The number of hydrogen-bond donors (Lipinski definition) is 2. The van der Waals surface area contributed by atoms with Crippen molar-refractivity contribution >= 4 is 45.0 Å². The minimum atomic E-state index is -4.28. The number of esters is 2. The molecule has 0 aromatic heterocycles. The minimum Gasteiger partial charge on any atom is -0.462 e. The lowest BCUT2D eigenvalue weighted by molar-refractivity contribution is -0.139. The molecule has 10 nitrogen and oxygen atoms in total. The monoisotopic (exact) mass is 736 g/mol. The van der Waals surface area contributed by atoms with Crippen LogP contribution in [0.3, 0.4) is 0 Å². The number of anilines is 2. The zero-order valence-electron chi connectivity index (χ0n) is 30.8. The largest absolute Gasteiger partial charge is 0.462 e. The lowest BCUT2D eigenvalue weighted by Crippen LogP contribution is -2.19. The van der Waals surface area contributed by atoms with E-state index in [1.807, 2.05) is 26.0 Å². The van der Waals surface area contributed by atoms with Gasteiger partial charge in [-0.05, 0) is 111 Å². The number of sulfone groups is 1. The van der Waals surface area contributed by atoms with Crippen molar-refractivity contribution in [2.75, 3.05) is 23.8 Å². The highest BCUT2D eigenvalue weighted by Gasteiger charge is 2.27. The molecule has 0 saturated heterocycles. The van der Waals surface area contributed by atoms with Gasteiger partial charge in [0.25, 0.3) is 11.8 Å². The lowest BCUT2D eigenvalue weighted by atomic mass is 9.97. The van der Waals surface area contributed by atoms with Crippen molar-refractivity contribution < 1.29 is 37.1 Å². The molecule has 0 bridgehead atoms. The molecule has 0 aliphatic rings. The topological polar surface area (TPSA) is 145 Å². The first-order chi connectivity index (χ1) is 25.0. The summed E-state index contributed by atoms with van der Waals surface area (Å²) in [5, 5.41) is 5.55. The molecule has 11 heteroatoms. The normalized spacial score (nSPS) is 11.0. The Kier molecular flexibility index (Phi) is 12.9. The fourth-order valence-electron chi connectivity index (χ4n) is 5.64. The van der Waals surface area contributed by atoms with Gasteiger partial charge in [-0.1, -0.05) is 49.6 Å². The van der Waals surface area contributed by atoms with E-state index < -0.39 is 33.6 Å². The van der Waals surface area contributed by atoms with E-state index >= 15 is 0 Å². The van der Waals surface area contributed by atoms with E-state index in [-0.39, 0.29) is 34.4 Å². The van der Waals surface area contributed by atoms with Gasteiger partial charge in [0.1, 0.15) is 0 Å². The maximum atomic E-state index is 14.2. The van der Waals surface area contributed by atoms with E-state index in [4.69, 9.17) is 9.47 Å². The number of benzene rings is 4.